The van der Waals surface area contributed by atoms with Crippen LogP contribution in [0.5, 0.6) is 35.3 Å². The average Bonchev–Trinajstić information content (AvgIpc) is 1.55. The van der Waals surface area contributed by atoms with Crippen LogP contribution in [0.25, 0.3) is 0 Å². The van der Waals surface area contributed by atoms with E-state index in [1.165, 1.54) is 0 Å². The molecule has 12 aliphatic heterocycles. The van der Waals surface area contributed by atoms with Crippen LogP contribution in [0, 0.1) is 0 Å². The molecule has 6 bridgehead atoms. The van der Waals surface area contributed by atoms with Gasteiger partial charge in [0, 0.05) is 39.3 Å². The Labute approximate surface area is 682 Å². The highest BCUT2D eigenvalue weighted by Crippen LogP contribution is 2.64. The number of aromatic nitrogens is 3. The van der Waals surface area contributed by atoms with Crippen LogP contribution in [0.1, 0.15) is 70.0 Å². The molecule has 0 aliphatic carbocycles. The molecule has 121 heavy (non-hydrogen) atoms. The molecule has 36 atom stereocenters. The summed E-state index contributed by atoms with van der Waals surface area (Å²) in [7, 11) is 0. The molecule has 49 nitrogen and oxygen atoms in total. The molecule has 6 fully saturated rings. The van der Waals surface area contributed by atoms with Crippen molar-refractivity contribution in [2.45, 2.75) is 240 Å². The second-order valence-electron chi connectivity index (χ2n) is 31.6. The number of ether oxygens (including phenoxy) is 15. The minimum atomic E-state index is -1.92. The predicted octanol–water partition coefficient (Wildman–Crippen LogP) is -13.8. The molecule has 49 heteroatoms. The molecule has 18 unspecified atom stereocenters. The predicted molar refractivity (Wildman–Crippen MR) is 379 cm³/mol. The van der Waals surface area contributed by atoms with Crippen molar-refractivity contribution >= 4 is 0 Å². The quantitative estimate of drug-likeness (QED) is 0.0252. The normalized spacial score (nSPS) is 41.2. The highest BCUT2D eigenvalue weighted by atomic mass is 16.7. The van der Waals surface area contributed by atoms with E-state index in [9.17, 15) is 153 Å². The minimum Gasteiger partial charge on any atom is -0.494 e. The van der Waals surface area contributed by atoms with Gasteiger partial charge in [0.1, 0.15) is 183 Å². The third-order valence-corrected chi connectivity index (χ3v) is 24.8. The van der Waals surface area contributed by atoms with Crippen molar-refractivity contribution in [3.63, 3.8) is 0 Å². The molecule has 3 aromatic heterocycles. The standard InChI is InChI=1S/C72H102N4O45/c77-7-25-37(83)43(89)49(95)67(113-25)107-13-19-20(14-108-68-50(96)44(90)38(84)26(8-78)114-68)56-32-31(55(19)119-56)61(101)74(62(32)102)4-1-73(2-5-75-63(103)33-34(64(75)104)58-22(16-110-70-52(98)46(92)40(86)28(10-80)116-70)21(57(33)120-58)15-109-69-51(97)45(91)39(85)27(9-79)115-69)3-6-76-65(105)35-36(66(76)106)60-24(18-112-72-54(100)48(94)42(88)30(12-82)118-72)23(59(35)121-60)17-111-71-53(99)47(93)41(87)29(11-81)117-71/h25-30,37-60,67-72,77-106H,1-18H2/t25?,26?,27?,28?,29?,30?,37-,38-,39-,40-,41-,42-,43-,44-,45-,46-,47-,48-,49?,50?,51?,52?,53?,54?,55?,56?,57?,58?,59?,60?,67+,68+,69+,70+,71+,72+/m0/s1. The van der Waals surface area contributed by atoms with Crippen molar-refractivity contribution in [2.24, 2.45) is 0 Å². The zero-order valence-electron chi connectivity index (χ0n) is 63.8. The number of hydrogen-bond acceptors (Lipinski definition) is 46. The molecule has 0 saturated carbocycles. The van der Waals surface area contributed by atoms with Crippen LogP contribution in [0.3, 0.4) is 0 Å². The molecule has 3 aromatic rings. The summed E-state index contributed by atoms with van der Waals surface area (Å²) in [6.45, 7) is -10.8. The van der Waals surface area contributed by atoms with Crippen molar-refractivity contribution in [2.75, 3.05) is 98.9 Å². The van der Waals surface area contributed by atoms with Gasteiger partial charge in [-0.05, 0) is 33.4 Å². The Hall–Kier alpha value is -5.74. The topological polar surface area (TPSA) is 763 Å². The second kappa shape index (κ2) is 36.2. The first-order valence-electron chi connectivity index (χ1n) is 39.0. The van der Waals surface area contributed by atoms with E-state index in [0.717, 1.165) is 13.7 Å². The maximum absolute atomic E-state index is 12.4. The number of aliphatic hydroxyl groups excluding tert-OH is 24. The smallest absolute Gasteiger partial charge is 0.200 e. The molecular weight excluding hydrogens is 1640 g/mol. The second-order valence-corrected chi connectivity index (χ2v) is 31.6. The van der Waals surface area contributed by atoms with Gasteiger partial charge in [-0.1, -0.05) is 0 Å². The molecule has 0 spiro atoms. The summed E-state index contributed by atoms with van der Waals surface area (Å²) in [4.78, 5) is 1.60. The SMILES string of the molecule is OCC1O[C@@H](OCC2=C(CO[C@@H]3OC(CO)[C@H](O)[C@H](O)C3O)C3OC2c2c3c(O)n(CCN(CCn3c(O)c4c(c3O)C3OC4C(CO[C@@H]4OC(CO)[C@H](O)[C@H](O)C4O)=C3CO[C@@H]3OC(CO)[C@H](O)[C@H](O)C3O)CCn3c(O)c4c(c3O)C3OC4C(CO[C@@H]4OC(CO)[C@H](O)[C@H](O)C4O)=C3CO[C@@H]3OC(CO)[C@H](O)[C@H](O)C3O)c2O)C(O)[C@@H](O)[C@H]1O. The largest absolute Gasteiger partial charge is 0.494 e. The van der Waals surface area contributed by atoms with Crippen molar-refractivity contribution in [1.82, 2.24) is 18.6 Å². The lowest BCUT2D eigenvalue weighted by molar-refractivity contribution is -0.300. The van der Waals surface area contributed by atoms with Gasteiger partial charge in [-0.25, -0.2) is 0 Å². The van der Waals surface area contributed by atoms with Crippen LogP contribution in [-0.4, -0.2) is 455 Å². The Morgan fingerprint density at radius 3 is 0.504 bits per heavy atom. The van der Waals surface area contributed by atoms with Gasteiger partial charge in [0.15, 0.2) is 37.7 Å². The Morgan fingerprint density at radius 1 is 0.215 bits per heavy atom. The van der Waals surface area contributed by atoms with Gasteiger partial charge in [-0.15, -0.1) is 0 Å². The Kier molecular flexibility index (Phi) is 26.9. The summed E-state index contributed by atoms with van der Waals surface area (Å²) in [5, 5.41) is 328. The molecule has 15 rings (SSSR count). The Bertz CT molecular complexity index is 3590. The minimum absolute atomic E-state index is 0.0609. The van der Waals surface area contributed by atoms with Crippen molar-refractivity contribution in [1.29, 1.82) is 0 Å². The van der Waals surface area contributed by atoms with Crippen molar-refractivity contribution in [3.05, 3.63) is 66.8 Å². The summed E-state index contributed by atoms with van der Waals surface area (Å²) < 4.78 is 91.6. The highest BCUT2D eigenvalue weighted by Gasteiger charge is 2.58. The van der Waals surface area contributed by atoms with Crippen LogP contribution in [0.4, 0.5) is 0 Å². The monoisotopic (exact) mass is 1740 g/mol. The summed E-state index contributed by atoms with van der Waals surface area (Å²) in [5.41, 5.74) is 0.281. The summed E-state index contributed by atoms with van der Waals surface area (Å²) in [6.07, 6.45) is -61.0. The van der Waals surface area contributed by atoms with Gasteiger partial charge in [0.2, 0.25) is 35.3 Å². The average molecular weight is 1740 g/mol. The van der Waals surface area contributed by atoms with Gasteiger partial charge in [0.05, 0.1) is 113 Å². The van der Waals surface area contributed by atoms with E-state index < -0.39 is 355 Å². The van der Waals surface area contributed by atoms with E-state index in [4.69, 9.17) is 71.1 Å². The number of fused-ring (bicyclic) bond motifs is 15. The van der Waals surface area contributed by atoms with Gasteiger partial charge in [-0.2, -0.15) is 0 Å². The van der Waals surface area contributed by atoms with Crippen molar-refractivity contribution in [3.8, 4) is 35.3 Å². The zero-order valence-corrected chi connectivity index (χ0v) is 63.8. The summed E-state index contributed by atoms with van der Waals surface area (Å²) in [5.74, 6) is -3.78. The van der Waals surface area contributed by atoms with Crippen LogP contribution < -0.4 is 0 Å². The fraction of sp³-hybridized carbons (Fsp3) is 0.750. The highest BCUT2D eigenvalue weighted by molar-refractivity contribution is 5.63. The van der Waals surface area contributed by atoms with Crippen LogP contribution >= 0.6 is 0 Å². The van der Waals surface area contributed by atoms with Crippen LogP contribution in [0.2, 0.25) is 0 Å². The van der Waals surface area contributed by atoms with Gasteiger partial charge < -0.3 is 224 Å². The first kappa shape index (κ1) is 90.1. The number of aliphatic hydroxyl groups is 24. The van der Waals surface area contributed by atoms with E-state index in [2.05, 4.69) is 0 Å². The fourth-order valence-electron chi connectivity index (χ4n) is 17.8. The lowest BCUT2D eigenvalue weighted by Gasteiger charge is -2.40. The molecular formula is C72H102N4O45. The Balaban J connectivity index is 0.742. The van der Waals surface area contributed by atoms with E-state index in [1.54, 1.807) is 4.90 Å². The summed E-state index contributed by atoms with van der Waals surface area (Å²) in [6, 6.07) is 0. The zero-order chi connectivity index (χ0) is 86.8. The van der Waals surface area contributed by atoms with Gasteiger partial charge >= 0.3 is 0 Å². The van der Waals surface area contributed by atoms with Gasteiger partial charge in [-0.3, -0.25) is 18.6 Å². The first-order valence-corrected chi connectivity index (χ1v) is 39.0. The fourth-order valence-corrected chi connectivity index (χ4v) is 17.8. The maximum Gasteiger partial charge on any atom is 0.200 e. The molecule has 6 saturated heterocycles. The molecule has 15 heterocycles. The van der Waals surface area contributed by atoms with E-state index in [0.29, 0.717) is 0 Å². The van der Waals surface area contributed by atoms with Crippen LogP contribution in [-0.2, 0) is 90.7 Å². The van der Waals surface area contributed by atoms with E-state index in [1.807, 2.05) is 0 Å². The van der Waals surface area contributed by atoms with Gasteiger partial charge in [0.25, 0.3) is 0 Å². The molecule has 0 radical (unpaired) electrons. The molecule has 680 valence electrons. The number of nitrogens with zero attached hydrogens (tertiary/aromatic N) is 4. The van der Waals surface area contributed by atoms with Crippen LogP contribution in [0.15, 0.2) is 33.4 Å². The van der Waals surface area contributed by atoms with E-state index in [-0.39, 0.29) is 86.5 Å². The lowest BCUT2D eigenvalue weighted by atomic mass is 9.88. The maximum atomic E-state index is 12.4. The molecule has 0 amide bonds. The van der Waals surface area contributed by atoms with E-state index >= 15 is 0 Å². The lowest BCUT2D eigenvalue weighted by Crippen LogP contribution is -2.59. The van der Waals surface area contributed by atoms with Crippen molar-refractivity contribution < 1.29 is 224 Å². The molecule has 0 aromatic carbocycles. The molecule has 12 aliphatic rings. The Morgan fingerprint density at radius 2 is 0.364 bits per heavy atom. The number of hydrogen-bond donors (Lipinski definition) is 30. The molecule has 30 N–H and O–H groups in total. The third-order valence-electron chi connectivity index (χ3n) is 24.8. The first-order chi connectivity index (χ1) is 57.7. The third kappa shape index (κ3) is 15.7. The number of rotatable bonds is 33. The number of aromatic hydroxyl groups is 6. The summed E-state index contributed by atoms with van der Waals surface area (Å²) >= 11 is 0.